The Kier molecular flexibility index (Phi) is 3.79. The van der Waals surface area contributed by atoms with E-state index in [1.807, 2.05) is 18.2 Å². The van der Waals surface area contributed by atoms with Crippen LogP contribution in [0.2, 0.25) is 0 Å². The molecule has 2 atom stereocenters. The monoisotopic (exact) mass is 273 g/mol. The average Bonchev–Trinajstić information content (AvgIpc) is 2.88. The Morgan fingerprint density at radius 2 is 1.65 bits per heavy atom. The molecule has 3 heteroatoms. The van der Waals surface area contributed by atoms with Gasteiger partial charge in [0.2, 0.25) is 0 Å². The minimum absolute atomic E-state index is 0.0869. The van der Waals surface area contributed by atoms with E-state index >= 15 is 0 Å². The van der Waals surface area contributed by atoms with Gasteiger partial charge in [-0.05, 0) is 37.1 Å². The topological polar surface area (TPSA) is 12.0 Å². The van der Waals surface area contributed by atoms with Crippen LogP contribution >= 0.6 is 0 Å². The minimum atomic E-state index is -0.434. The van der Waals surface area contributed by atoms with Gasteiger partial charge >= 0.3 is 0 Å². The molecular formula is C17H17F2N. The lowest BCUT2D eigenvalue weighted by Gasteiger charge is -2.21. The largest absolute Gasteiger partial charge is 0.313 e. The van der Waals surface area contributed by atoms with Gasteiger partial charge in [0.1, 0.15) is 11.6 Å². The molecular weight excluding hydrogens is 256 g/mol. The fourth-order valence-corrected chi connectivity index (χ4v) is 3.06. The number of nitrogens with one attached hydrogen (secondary N) is 1. The summed E-state index contributed by atoms with van der Waals surface area (Å²) in [5.41, 5.74) is 1.42. The predicted octanol–water partition coefficient (Wildman–Crippen LogP) is 3.65. The van der Waals surface area contributed by atoms with E-state index in [9.17, 15) is 8.78 Å². The Morgan fingerprint density at radius 3 is 2.35 bits per heavy atom. The molecule has 0 aromatic heterocycles. The molecule has 20 heavy (non-hydrogen) atoms. The van der Waals surface area contributed by atoms with Gasteiger partial charge in [-0.3, -0.25) is 0 Å². The molecule has 0 aliphatic carbocycles. The number of rotatable bonds is 3. The smallest absolute Gasteiger partial charge is 0.129 e. The van der Waals surface area contributed by atoms with Crippen molar-refractivity contribution in [3.63, 3.8) is 0 Å². The fourth-order valence-electron chi connectivity index (χ4n) is 3.06. The third-order valence-corrected chi connectivity index (χ3v) is 4.02. The van der Waals surface area contributed by atoms with Crippen LogP contribution in [0.4, 0.5) is 8.78 Å². The molecule has 0 spiro atoms. The predicted molar refractivity (Wildman–Crippen MR) is 75.7 cm³/mol. The molecule has 104 valence electrons. The maximum absolute atomic E-state index is 13.9. The van der Waals surface area contributed by atoms with Gasteiger partial charge in [-0.15, -0.1) is 0 Å². The summed E-state index contributed by atoms with van der Waals surface area (Å²) in [6, 6.07) is 14.2. The van der Waals surface area contributed by atoms with E-state index in [1.165, 1.54) is 23.8 Å². The molecule has 0 radical (unpaired) electrons. The molecule has 0 bridgehead atoms. The van der Waals surface area contributed by atoms with Crippen molar-refractivity contribution in [2.75, 3.05) is 6.54 Å². The first-order valence-electron chi connectivity index (χ1n) is 6.97. The van der Waals surface area contributed by atoms with Gasteiger partial charge in [-0.2, -0.15) is 0 Å². The zero-order valence-corrected chi connectivity index (χ0v) is 11.2. The first-order valence-corrected chi connectivity index (χ1v) is 6.97. The summed E-state index contributed by atoms with van der Waals surface area (Å²) in [6.45, 7) is 0.802. The lowest BCUT2D eigenvalue weighted by atomic mass is 9.88. The lowest BCUT2D eigenvalue weighted by Crippen LogP contribution is -2.29. The van der Waals surface area contributed by atoms with Crippen molar-refractivity contribution in [3.05, 3.63) is 71.3 Å². The lowest BCUT2D eigenvalue weighted by molar-refractivity contribution is 0.481. The number of hydrogen-bond donors (Lipinski definition) is 1. The van der Waals surface area contributed by atoms with Crippen molar-refractivity contribution in [1.29, 1.82) is 0 Å². The molecule has 1 N–H and O–H groups in total. The van der Waals surface area contributed by atoms with Gasteiger partial charge in [0.15, 0.2) is 0 Å². The van der Waals surface area contributed by atoms with Gasteiger partial charge in [0.25, 0.3) is 0 Å². The van der Waals surface area contributed by atoms with Crippen LogP contribution in [0.15, 0.2) is 48.5 Å². The van der Waals surface area contributed by atoms with Crippen molar-refractivity contribution in [2.24, 2.45) is 0 Å². The van der Waals surface area contributed by atoms with Crippen LogP contribution in [0.5, 0.6) is 0 Å². The quantitative estimate of drug-likeness (QED) is 0.900. The molecule has 2 aromatic carbocycles. The Labute approximate surface area is 117 Å². The van der Waals surface area contributed by atoms with Crippen molar-refractivity contribution in [1.82, 2.24) is 5.32 Å². The summed E-state index contributed by atoms with van der Waals surface area (Å²) in [4.78, 5) is 0. The number of halogens is 2. The summed E-state index contributed by atoms with van der Waals surface area (Å²) in [5.74, 6) is -0.968. The van der Waals surface area contributed by atoms with E-state index in [2.05, 4.69) is 17.4 Å². The molecule has 0 amide bonds. The highest BCUT2D eigenvalue weighted by Crippen LogP contribution is 2.33. The standard InChI is InChI=1S/C17H17F2N/c18-14-7-4-8-15(19)17(14)13-9-10-20-16(13)11-12-5-2-1-3-6-12/h1-8,13,16,20H,9-11H2. The second-order valence-electron chi connectivity index (χ2n) is 5.28. The first kappa shape index (κ1) is 13.3. The van der Waals surface area contributed by atoms with Gasteiger partial charge < -0.3 is 5.32 Å². The van der Waals surface area contributed by atoms with Crippen LogP contribution in [0.1, 0.15) is 23.5 Å². The average molecular weight is 273 g/mol. The summed E-state index contributed by atoms with van der Waals surface area (Å²) in [5, 5.41) is 3.37. The molecule has 2 unspecified atom stereocenters. The van der Waals surface area contributed by atoms with Gasteiger partial charge in [0.05, 0.1) is 0 Å². The summed E-state index contributed by atoms with van der Waals surface area (Å²) >= 11 is 0. The summed E-state index contributed by atoms with van der Waals surface area (Å²) in [6.07, 6.45) is 1.56. The van der Waals surface area contributed by atoms with Crippen molar-refractivity contribution in [2.45, 2.75) is 24.8 Å². The Bertz CT molecular complexity index is 563. The van der Waals surface area contributed by atoms with Crippen LogP contribution in [-0.4, -0.2) is 12.6 Å². The fraction of sp³-hybridized carbons (Fsp3) is 0.294. The maximum atomic E-state index is 13.9. The summed E-state index contributed by atoms with van der Waals surface area (Å²) < 4.78 is 27.9. The van der Waals surface area contributed by atoms with Crippen LogP contribution in [0, 0.1) is 11.6 Å². The Balaban J connectivity index is 1.86. The van der Waals surface area contributed by atoms with E-state index in [-0.39, 0.29) is 17.5 Å². The molecule has 1 aliphatic rings. The van der Waals surface area contributed by atoms with Crippen LogP contribution < -0.4 is 5.32 Å². The van der Waals surface area contributed by atoms with Gasteiger partial charge in [-0.25, -0.2) is 8.78 Å². The van der Waals surface area contributed by atoms with Gasteiger partial charge in [-0.1, -0.05) is 36.4 Å². The zero-order chi connectivity index (χ0) is 13.9. The van der Waals surface area contributed by atoms with Crippen LogP contribution in [0.3, 0.4) is 0 Å². The highest BCUT2D eigenvalue weighted by Gasteiger charge is 2.32. The molecule has 2 aromatic rings. The first-order chi connectivity index (χ1) is 9.75. The van der Waals surface area contributed by atoms with E-state index in [4.69, 9.17) is 0 Å². The molecule has 1 heterocycles. The second-order valence-corrected chi connectivity index (χ2v) is 5.28. The van der Waals surface area contributed by atoms with Crippen molar-refractivity contribution < 1.29 is 8.78 Å². The number of hydrogen-bond acceptors (Lipinski definition) is 1. The molecule has 1 saturated heterocycles. The summed E-state index contributed by atoms with van der Waals surface area (Å²) in [7, 11) is 0. The highest BCUT2D eigenvalue weighted by molar-refractivity contribution is 5.28. The van der Waals surface area contributed by atoms with E-state index in [0.29, 0.717) is 0 Å². The van der Waals surface area contributed by atoms with Gasteiger partial charge in [0, 0.05) is 17.5 Å². The van der Waals surface area contributed by atoms with Crippen LogP contribution in [-0.2, 0) is 6.42 Å². The highest BCUT2D eigenvalue weighted by atomic mass is 19.1. The van der Waals surface area contributed by atoms with Crippen molar-refractivity contribution in [3.8, 4) is 0 Å². The third-order valence-electron chi connectivity index (χ3n) is 4.02. The van der Waals surface area contributed by atoms with E-state index < -0.39 is 11.6 Å². The molecule has 1 nitrogen and oxygen atoms in total. The third kappa shape index (κ3) is 2.59. The number of benzene rings is 2. The normalized spacial score (nSPS) is 22.1. The zero-order valence-electron chi connectivity index (χ0n) is 11.2. The molecule has 1 aliphatic heterocycles. The molecule has 0 saturated carbocycles. The molecule has 3 rings (SSSR count). The SMILES string of the molecule is Fc1cccc(F)c1C1CCNC1Cc1ccccc1. The Morgan fingerprint density at radius 1 is 0.950 bits per heavy atom. The second kappa shape index (κ2) is 5.71. The van der Waals surface area contributed by atoms with E-state index in [1.54, 1.807) is 0 Å². The Hall–Kier alpha value is -1.74. The van der Waals surface area contributed by atoms with Crippen molar-refractivity contribution >= 4 is 0 Å². The van der Waals surface area contributed by atoms with E-state index in [0.717, 1.165) is 19.4 Å². The minimum Gasteiger partial charge on any atom is -0.313 e. The molecule has 1 fully saturated rings. The maximum Gasteiger partial charge on any atom is 0.129 e. The van der Waals surface area contributed by atoms with Crippen LogP contribution in [0.25, 0.3) is 0 Å².